The number of aliphatic carboxylic acids is 1. The molecule has 0 bridgehead atoms. The number of pyridine rings is 1. The highest BCUT2D eigenvalue weighted by molar-refractivity contribution is 5.97. The molecule has 1 atom stereocenters. The van der Waals surface area contributed by atoms with Gasteiger partial charge in [0, 0.05) is 30.9 Å². The normalized spacial score (nSPS) is 19.2. The molecule has 1 N–H and O–H groups in total. The fourth-order valence-electron chi connectivity index (χ4n) is 2.42. The van der Waals surface area contributed by atoms with Gasteiger partial charge < -0.3 is 10.0 Å². The van der Waals surface area contributed by atoms with Crippen molar-refractivity contribution in [3.8, 4) is 0 Å². The first kappa shape index (κ1) is 14.2. The van der Waals surface area contributed by atoms with Crippen LogP contribution in [0.4, 0.5) is 0 Å². The fraction of sp³-hybridized carbons (Fsp3) is 0.400. The molecule has 1 fully saturated rings. The van der Waals surface area contributed by atoms with Crippen LogP contribution in [0.1, 0.15) is 35.8 Å². The first-order valence-electron chi connectivity index (χ1n) is 6.73. The summed E-state index contributed by atoms with van der Waals surface area (Å²) in [6.45, 7) is 3.60. The molecule has 1 aromatic heterocycles. The van der Waals surface area contributed by atoms with E-state index >= 15 is 0 Å². The minimum atomic E-state index is -1.04. The lowest BCUT2D eigenvalue weighted by Gasteiger charge is -2.30. The van der Waals surface area contributed by atoms with Gasteiger partial charge in [-0.15, -0.1) is 0 Å². The van der Waals surface area contributed by atoms with Crippen molar-refractivity contribution in [3.63, 3.8) is 0 Å². The lowest BCUT2D eigenvalue weighted by molar-refractivity contribution is -0.131. The highest BCUT2D eigenvalue weighted by Crippen LogP contribution is 2.19. The van der Waals surface area contributed by atoms with E-state index in [9.17, 15) is 9.59 Å². The molecule has 1 aromatic rings. The van der Waals surface area contributed by atoms with Crippen LogP contribution >= 0.6 is 0 Å². The lowest BCUT2D eigenvalue weighted by atomic mass is 9.99. The van der Waals surface area contributed by atoms with E-state index in [2.05, 4.69) is 11.9 Å². The number of carboxylic acids is 1. The summed E-state index contributed by atoms with van der Waals surface area (Å²) in [7, 11) is 0. The minimum Gasteiger partial charge on any atom is -0.478 e. The maximum atomic E-state index is 12.5. The maximum absolute atomic E-state index is 12.5. The van der Waals surface area contributed by atoms with E-state index in [0.29, 0.717) is 17.2 Å². The molecule has 2 heterocycles. The predicted octanol–water partition coefficient (Wildman–Crippen LogP) is 2.05. The van der Waals surface area contributed by atoms with Gasteiger partial charge in [0.05, 0.1) is 0 Å². The average Bonchev–Trinajstić information content (AvgIpc) is 2.44. The summed E-state index contributed by atoms with van der Waals surface area (Å²) in [6, 6.07) is 3.39. The first-order chi connectivity index (χ1) is 9.58. The third-order valence-corrected chi connectivity index (χ3v) is 3.39. The Morgan fingerprint density at radius 3 is 3.00 bits per heavy atom. The fourth-order valence-corrected chi connectivity index (χ4v) is 2.42. The van der Waals surface area contributed by atoms with Crippen LogP contribution in [0.5, 0.6) is 0 Å². The molecule has 106 valence electrons. The number of nitrogens with zero attached hydrogens (tertiary/aromatic N) is 2. The van der Waals surface area contributed by atoms with Gasteiger partial charge in [0.2, 0.25) is 0 Å². The number of aromatic nitrogens is 1. The second-order valence-corrected chi connectivity index (χ2v) is 5.11. The second kappa shape index (κ2) is 6.32. The first-order valence-corrected chi connectivity index (χ1v) is 6.73. The molecule has 1 aliphatic heterocycles. The van der Waals surface area contributed by atoms with Gasteiger partial charge in [0.15, 0.2) is 0 Å². The summed E-state index contributed by atoms with van der Waals surface area (Å²) in [6.07, 6.45) is 6.12. The maximum Gasteiger partial charge on any atom is 0.328 e. The Hall–Kier alpha value is -2.17. The Morgan fingerprint density at radius 1 is 1.50 bits per heavy atom. The standard InChI is InChI=1S/C15H18N2O3/c1-11-4-3-9-17(10-11)15(20)14-12(5-2-8-16-14)6-7-13(18)19/h2,5-8,11H,3-4,9-10H2,1H3,(H,18,19)/b7-6+. The summed E-state index contributed by atoms with van der Waals surface area (Å²) in [5.41, 5.74) is 0.859. The third-order valence-electron chi connectivity index (χ3n) is 3.39. The molecule has 20 heavy (non-hydrogen) atoms. The third kappa shape index (κ3) is 3.44. The summed E-state index contributed by atoms with van der Waals surface area (Å²) >= 11 is 0. The summed E-state index contributed by atoms with van der Waals surface area (Å²) in [5.74, 6) is -0.671. The van der Waals surface area contributed by atoms with E-state index in [4.69, 9.17) is 5.11 Å². The van der Waals surface area contributed by atoms with Gasteiger partial charge in [0.25, 0.3) is 5.91 Å². The van der Waals surface area contributed by atoms with Crippen molar-refractivity contribution in [2.24, 2.45) is 5.92 Å². The summed E-state index contributed by atoms with van der Waals surface area (Å²) < 4.78 is 0. The Morgan fingerprint density at radius 2 is 2.30 bits per heavy atom. The average molecular weight is 274 g/mol. The van der Waals surface area contributed by atoms with Crippen LogP contribution in [-0.2, 0) is 4.79 Å². The molecule has 0 aliphatic carbocycles. The molecule has 0 radical (unpaired) electrons. The molecule has 1 saturated heterocycles. The van der Waals surface area contributed by atoms with Gasteiger partial charge in [-0.1, -0.05) is 13.0 Å². The molecular weight excluding hydrogens is 256 g/mol. The van der Waals surface area contributed by atoms with Crippen molar-refractivity contribution in [1.82, 2.24) is 9.88 Å². The number of carbonyl (C=O) groups is 2. The van der Waals surface area contributed by atoms with Crippen LogP contribution in [0.3, 0.4) is 0 Å². The lowest BCUT2D eigenvalue weighted by Crippen LogP contribution is -2.39. The number of carbonyl (C=O) groups excluding carboxylic acids is 1. The molecule has 5 nitrogen and oxygen atoms in total. The molecule has 0 spiro atoms. The zero-order valence-corrected chi connectivity index (χ0v) is 11.5. The van der Waals surface area contributed by atoms with Gasteiger partial charge in [0.1, 0.15) is 5.69 Å². The number of piperidine rings is 1. The second-order valence-electron chi connectivity index (χ2n) is 5.11. The number of likely N-dealkylation sites (tertiary alicyclic amines) is 1. The Balaban J connectivity index is 2.23. The van der Waals surface area contributed by atoms with E-state index in [1.54, 1.807) is 23.2 Å². The van der Waals surface area contributed by atoms with E-state index < -0.39 is 5.97 Å². The van der Waals surface area contributed by atoms with Crippen molar-refractivity contribution in [2.45, 2.75) is 19.8 Å². The topological polar surface area (TPSA) is 70.5 Å². The van der Waals surface area contributed by atoms with Crippen molar-refractivity contribution in [1.29, 1.82) is 0 Å². The predicted molar refractivity (Wildman–Crippen MR) is 75.2 cm³/mol. The van der Waals surface area contributed by atoms with Crippen molar-refractivity contribution in [3.05, 3.63) is 35.7 Å². The molecule has 5 heteroatoms. The van der Waals surface area contributed by atoms with Crippen LogP contribution in [0.25, 0.3) is 6.08 Å². The molecule has 1 amide bonds. The molecule has 0 saturated carbocycles. The Kier molecular flexibility index (Phi) is 4.50. The Bertz CT molecular complexity index is 540. The van der Waals surface area contributed by atoms with E-state index in [1.807, 2.05) is 0 Å². The smallest absolute Gasteiger partial charge is 0.328 e. The quantitative estimate of drug-likeness (QED) is 0.856. The van der Waals surface area contributed by atoms with Gasteiger partial charge in [-0.05, 0) is 30.9 Å². The molecule has 1 unspecified atom stereocenters. The highest BCUT2D eigenvalue weighted by Gasteiger charge is 2.24. The summed E-state index contributed by atoms with van der Waals surface area (Å²) in [4.78, 5) is 29.0. The molecule has 2 rings (SSSR count). The number of rotatable bonds is 3. The van der Waals surface area contributed by atoms with Crippen LogP contribution in [0.15, 0.2) is 24.4 Å². The monoisotopic (exact) mass is 274 g/mol. The van der Waals surface area contributed by atoms with Crippen LogP contribution in [0, 0.1) is 5.92 Å². The van der Waals surface area contributed by atoms with Gasteiger partial charge in [-0.25, -0.2) is 4.79 Å². The minimum absolute atomic E-state index is 0.123. The van der Waals surface area contributed by atoms with Crippen molar-refractivity contribution in [2.75, 3.05) is 13.1 Å². The highest BCUT2D eigenvalue weighted by atomic mass is 16.4. The number of hydrogen-bond donors (Lipinski definition) is 1. The molecular formula is C15H18N2O3. The van der Waals surface area contributed by atoms with Gasteiger partial charge in [-0.3, -0.25) is 9.78 Å². The number of carboxylic acid groups (broad SMARTS) is 1. The summed E-state index contributed by atoms with van der Waals surface area (Å²) in [5, 5.41) is 8.69. The molecule has 0 aromatic carbocycles. The SMILES string of the molecule is CC1CCCN(C(=O)c2ncccc2/C=C/C(=O)O)C1. The van der Waals surface area contributed by atoms with E-state index in [-0.39, 0.29) is 5.91 Å². The number of amides is 1. The Labute approximate surface area is 117 Å². The largest absolute Gasteiger partial charge is 0.478 e. The van der Waals surface area contributed by atoms with Crippen LogP contribution in [0.2, 0.25) is 0 Å². The van der Waals surface area contributed by atoms with Gasteiger partial charge in [-0.2, -0.15) is 0 Å². The van der Waals surface area contributed by atoms with Gasteiger partial charge >= 0.3 is 5.97 Å². The van der Waals surface area contributed by atoms with Crippen molar-refractivity contribution >= 4 is 18.0 Å². The number of hydrogen-bond acceptors (Lipinski definition) is 3. The zero-order chi connectivity index (χ0) is 14.5. The van der Waals surface area contributed by atoms with E-state index in [0.717, 1.165) is 32.0 Å². The van der Waals surface area contributed by atoms with E-state index in [1.165, 1.54) is 6.08 Å². The van der Waals surface area contributed by atoms with Crippen molar-refractivity contribution < 1.29 is 14.7 Å². The zero-order valence-electron chi connectivity index (χ0n) is 11.5. The molecule has 1 aliphatic rings. The van der Waals surface area contributed by atoms with Crippen LogP contribution < -0.4 is 0 Å². The van der Waals surface area contributed by atoms with Crippen LogP contribution in [-0.4, -0.2) is 40.0 Å².